The molecule has 0 aliphatic carbocycles. The highest BCUT2D eigenvalue weighted by atomic mass is 32.1. The summed E-state index contributed by atoms with van der Waals surface area (Å²) < 4.78 is 0. The molecule has 0 rings (SSSR count). The lowest BCUT2D eigenvalue weighted by Crippen LogP contribution is -2.54. The minimum Gasteiger partial charge on any atom is -0.480 e. The van der Waals surface area contributed by atoms with Crippen LogP contribution in [0.25, 0.3) is 0 Å². The van der Waals surface area contributed by atoms with Crippen LogP contribution in [0.4, 0.5) is 0 Å². The van der Waals surface area contributed by atoms with E-state index in [2.05, 4.69) is 28.6 Å². The van der Waals surface area contributed by atoms with Crippen LogP contribution in [0, 0.1) is 5.92 Å². The van der Waals surface area contributed by atoms with E-state index in [1.807, 2.05) is 6.92 Å². The molecule has 0 aliphatic rings. The van der Waals surface area contributed by atoms with Gasteiger partial charge in [0.1, 0.15) is 12.1 Å². The summed E-state index contributed by atoms with van der Waals surface area (Å²) in [7, 11) is 0. The van der Waals surface area contributed by atoms with Crippen LogP contribution in [-0.4, -0.2) is 65.8 Å². The lowest BCUT2D eigenvalue weighted by molar-refractivity contribution is -0.143. The van der Waals surface area contributed by atoms with Crippen molar-refractivity contribution in [3.63, 3.8) is 0 Å². The molecule has 28 heavy (non-hydrogen) atoms. The number of carbonyl (C=O) groups is 4. The van der Waals surface area contributed by atoms with Gasteiger partial charge in [0.25, 0.3) is 0 Å². The van der Waals surface area contributed by atoms with Crippen molar-refractivity contribution < 1.29 is 24.3 Å². The molecule has 0 fully saturated rings. The standard InChI is InChI=1S/C17H33N5O5S/c1-3-10(2)14(17(26)27)22-13(23)8-20-16(25)12(6-4-5-7-18)21-15(24)11(19)9-28/h10-12,14,28H,3-9,18-19H2,1-2H3,(H,20,25)(H,21,24)(H,22,23)(H,26,27). The Morgan fingerprint density at radius 2 is 1.75 bits per heavy atom. The fraction of sp³-hybridized carbons (Fsp3) is 0.765. The molecule has 0 bridgehead atoms. The van der Waals surface area contributed by atoms with Crippen molar-refractivity contribution in [3.8, 4) is 0 Å². The van der Waals surface area contributed by atoms with Crippen LogP contribution in [-0.2, 0) is 19.2 Å². The zero-order valence-corrected chi connectivity index (χ0v) is 17.3. The van der Waals surface area contributed by atoms with Gasteiger partial charge in [0.15, 0.2) is 0 Å². The second-order valence-electron chi connectivity index (χ2n) is 6.62. The third-order valence-corrected chi connectivity index (χ3v) is 4.73. The summed E-state index contributed by atoms with van der Waals surface area (Å²) in [5, 5.41) is 16.6. The van der Waals surface area contributed by atoms with E-state index in [-0.39, 0.29) is 11.7 Å². The molecule has 0 heterocycles. The first-order valence-corrected chi connectivity index (χ1v) is 9.97. The van der Waals surface area contributed by atoms with Crippen molar-refractivity contribution in [3.05, 3.63) is 0 Å². The molecule has 0 aromatic carbocycles. The molecule has 3 amide bonds. The molecule has 0 aliphatic heterocycles. The number of thiol groups is 1. The number of carboxylic acid groups (broad SMARTS) is 1. The summed E-state index contributed by atoms with van der Waals surface area (Å²) >= 11 is 3.95. The van der Waals surface area contributed by atoms with E-state index in [0.717, 1.165) is 0 Å². The monoisotopic (exact) mass is 419 g/mol. The highest BCUT2D eigenvalue weighted by Gasteiger charge is 2.26. The van der Waals surface area contributed by atoms with Gasteiger partial charge in [0.05, 0.1) is 12.6 Å². The Labute approximate surface area is 171 Å². The van der Waals surface area contributed by atoms with E-state index in [1.54, 1.807) is 6.92 Å². The molecular weight excluding hydrogens is 386 g/mol. The van der Waals surface area contributed by atoms with Crippen LogP contribution in [0.5, 0.6) is 0 Å². The van der Waals surface area contributed by atoms with Crippen LogP contribution < -0.4 is 27.4 Å². The zero-order valence-electron chi connectivity index (χ0n) is 16.4. The van der Waals surface area contributed by atoms with Crippen molar-refractivity contribution in [2.24, 2.45) is 17.4 Å². The van der Waals surface area contributed by atoms with Crippen molar-refractivity contribution in [2.75, 3.05) is 18.8 Å². The second kappa shape index (κ2) is 14.2. The summed E-state index contributed by atoms with van der Waals surface area (Å²) in [6, 6.07) is -2.77. The fourth-order valence-electron chi connectivity index (χ4n) is 2.32. The number of rotatable bonds is 14. The van der Waals surface area contributed by atoms with Crippen molar-refractivity contribution in [1.82, 2.24) is 16.0 Å². The number of nitrogens with two attached hydrogens (primary N) is 2. The Kier molecular flexibility index (Phi) is 13.3. The number of hydrogen-bond acceptors (Lipinski definition) is 7. The molecule has 162 valence electrons. The molecule has 0 aromatic rings. The summed E-state index contributed by atoms with van der Waals surface area (Å²) in [6.45, 7) is 3.58. The van der Waals surface area contributed by atoms with Gasteiger partial charge in [0.2, 0.25) is 17.7 Å². The van der Waals surface area contributed by atoms with Gasteiger partial charge in [-0.2, -0.15) is 12.6 Å². The SMILES string of the molecule is CCC(C)C(NC(=O)CNC(=O)C(CCCCN)NC(=O)C(N)CS)C(=O)O. The van der Waals surface area contributed by atoms with Gasteiger partial charge in [-0.05, 0) is 31.7 Å². The third-order valence-electron chi connectivity index (χ3n) is 4.33. The number of carbonyl (C=O) groups excluding carboxylic acids is 3. The van der Waals surface area contributed by atoms with Gasteiger partial charge in [-0.3, -0.25) is 14.4 Å². The van der Waals surface area contributed by atoms with E-state index in [1.165, 1.54) is 0 Å². The number of amides is 3. The number of nitrogens with one attached hydrogen (secondary N) is 3. The quantitative estimate of drug-likeness (QED) is 0.134. The fourth-order valence-corrected chi connectivity index (χ4v) is 2.49. The molecule has 0 spiro atoms. The summed E-state index contributed by atoms with van der Waals surface area (Å²) in [4.78, 5) is 47.6. The molecule has 0 radical (unpaired) electrons. The summed E-state index contributed by atoms with van der Waals surface area (Å²) in [5.41, 5.74) is 11.1. The topological polar surface area (TPSA) is 177 Å². The first-order chi connectivity index (χ1) is 13.2. The second-order valence-corrected chi connectivity index (χ2v) is 6.99. The minimum atomic E-state index is -1.14. The van der Waals surface area contributed by atoms with Crippen molar-refractivity contribution >= 4 is 36.3 Å². The van der Waals surface area contributed by atoms with Crippen molar-refractivity contribution in [1.29, 1.82) is 0 Å². The highest BCUT2D eigenvalue weighted by Crippen LogP contribution is 2.07. The summed E-state index contributed by atoms with van der Waals surface area (Å²) in [6.07, 6.45) is 2.19. The molecular formula is C17H33N5O5S. The lowest BCUT2D eigenvalue weighted by atomic mass is 9.99. The predicted octanol–water partition coefficient (Wildman–Crippen LogP) is -1.41. The van der Waals surface area contributed by atoms with Crippen LogP contribution >= 0.6 is 12.6 Å². The van der Waals surface area contributed by atoms with Gasteiger partial charge < -0.3 is 32.5 Å². The highest BCUT2D eigenvalue weighted by molar-refractivity contribution is 7.80. The Morgan fingerprint density at radius 1 is 1.11 bits per heavy atom. The Morgan fingerprint density at radius 3 is 2.25 bits per heavy atom. The largest absolute Gasteiger partial charge is 0.480 e. The van der Waals surface area contributed by atoms with Gasteiger partial charge in [-0.25, -0.2) is 4.79 Å². The average Bonchev–Trinajstić information content (AvgIpc) is 2.67. The first kappa shape index (κ1) is 26.1. The Bertz CT molecular complexity index is 534. The number of carboxylic acids is 1. The minimum absolute atomic E-state index is 0.123. The van der Waals surface area contributed by atoms with Crippen LogP contribution in [0.2, 0.25) is 0 Å². The smallest absolute Gasteiger partial charge is 0.326 e. The maximum Gasteiger partial charge on any atom is 0.326 e. The van der Waals surface area contributed by atoms with Crippen LogP contribution in [0.3, 0.4) is 0 Å². The van der Waals surface area contributed by atoms with Gasteiger partial charge in [-0.15, -0.1) is 0 Å². The van der Waals surface area contributed by atoms with Crippen molar-refractivity contribution in [2.45, 2.75) is 57.7 Å². The molecule has 0 saturated carbocycles. The van der Waals surface area contributed by atoms with E-state index >= 15 is 0 Å². The lowest BCUT2D eigenvalue weighted by Gasteiger charge is -2.22. The van der Waals surface area contributed by atoms with E-state index in [4.69, 9.17) is 11.5 Å². The molecule has 0 saturated heterocycles. The predicted molar refractivity (Wildman–Crippen MR) is 109 cm³/mol. The molecule has 11 heteroatoms. The maximum absolute atomic E-state index is 12.4. The zero-order chi connectivity index (χ0) is 21.7. The Hall–Kier alpha value is -1.85. The molecule has 0 aromatic heterocycles. The molecule has 8 N–H and O–H groups in total. The van der Waals surface area contributed by atoms with Gasteiger partial charge >= 0.3 is 5.97 Å². The average molecular weight is 420 g/mol. The van der Waals surface area contributed by atoms with Gasteiger partial charge in [-0.1, -0.05) is 20.3 Å². The number of unbranched alkanes of at least 4 members (excludes halogenated alkanes) is 1. The maximum atomic E-state index is 12.4. The number of hydrogen-bond donors (Lipinski definition) is 7. The van der Waals surface area contributed by atoms with E-state index < -0.39 is 48.4 Å². The molecule has 4 unspecified atom stereocenters. The molecule has 10 nitrogen and oxygen atoms in total. The first-order valence-electron chi connectivity index (χ1n) is 9.34. The Balaban J connectivity index is 4.79. The summed E-state index contributed by atoms with van der Waals surface area (Å²) in [5.74, 6) is -2.97. The third kappa shape index (κ3) is 9.90. The normalized spacial score (nSPS) is 15.0. The number of aliphatic carboxylic acids is 1. The van der Waals surface area contributed by atoms with E-state index in [0.29, 0.717) is 32.2 Å². The van der Waals surface area contributed by atoms with E-state index in [9.17, 15) is 24.3 Å². The van der Waals surface area contributed by atoms with Gasteiger partial charge in [0, 0.05) is 5.75 Å². The van der Waals surface area contributed by atoms with Crippen LogP contribution in [0.15, 0.2) is 0 Å². The molecule has 4 atom stereocenters. The van der Waals surface area contributed by atoms with Crippen LogP contribution in [0.1, 0.15) is 39.5 Å².